The molecule has 0 radical (unpaired) electrons. The fraction of sp³-hybridized carbons (Fsp3) is 0.0909. The van der Waals surface area contributed by atoms with E-state index in [0.717, 1.165) is 0 Å². The number of rotatable bonds is 2. The van der Waals surface area contributed by atoms with Gasteiger partial charge in [0.25, 0.3) is 0 Å². The van der Waals surface area contributed by atoms with Crippen molar-refractivity contribution in [3.8, 4) is 23.0 Å². The van der Waals surface area contributed by atoms with Crippen LogP contribution in [0.5, 0.6) is 23.0 Å². The minimum absolute atomic E-state index is 0.0110. The van der Waals surface area contributed by atoms with Crippen LogP contribution in [0.4, 0.5) is 5.69 Å². The number of anilines is 1. The SMILES string of the molecule is O=C1OC2(c3ccc(O)cc3Oc3cc(O)ccc32)c2ccc(NC(=S)CS)cc21. The van der Waals surface area contributed by atoms with Crippen LogP contribution >= 0.6 is 24.8 Å². The number of aromatic hydroxyl groups is 2. The van der Waals surface area contributed by atoms with Crippen molar-refractivity contribution in [3.05, 3.63) is 76.9 Å². The number of phenolic OH excluding ortho intramolecular Hbond substituents is 2. The molecule has 3 aromatic rings. The second kappa shape index (κ2) is 6.65. The molecule has 0 aliphatic carbocycles. The molecule has 150 valence electrons. The molecule has 0 aromatic heterocycles. The maximum atomic E-state index is 13.0. The Hall–Kier alpha value is -3.23. The summed E-state index contributed by atoms with van der Waals surface area (Å²) in [4.78, 5) is 13.5. The summed E-state index contributed by atoms with van der Waals surface area (Å²) in [5, 5.41) is 22.9. The second-order valence-corrected chi connectivity index (χ2v) is 7.81. The third kappa shape index (κ3) is 2.64. The second-order valence-electron chi connectivity index (χ2n) is 7.00. The van der Waals surface area contributed by atoms with Crippen LogP contribution in [0.1, 0.15) is 27.0 Å². The standard InChI is InChI=1S/C22H15NO5S2/c24-12-2-5-16-18(8-12)27-19-9-13(25)3-6-17(19)22(16)15-4-1-11(23-20(30)10-29)7-14(15)21(26)28-22/h1-9,24-25,29H,10H2,(H,23,30). The molecule has 6 nitrogen and oxygen atoms in total. The summed E-state index contributed by atoms with van der Waals surface area (Å²) < 4.78 is 11.9. The van der Waals surface area contributed by atoms with E-state index in [4.69, 9.17) is 21.7 Å². The largest absolute Gasteiger partial charge is 0.508 e. The molecule has 2 aliphatic rings. The number of fused-ring (bicyclic) bond motifs is 6. The van der Waals surface area contributed by atoms with Crippen LogP contribution in [-0.2, 0) is 10.3 Å². The number of phenols is 2. The molecule has 0 fully saturated rings. The fourth-order valence-corrected chi connectivity index (χ4v) is 4.18. The molecule has 5 rings (SSSR count). The van der Waals surface area contributed by atoms with Gasteiger partial charge in [-0.1, -0.05) is 18.3 Å². The third-order valence-electron chi connectivity index (χ3n) is 5.20. The van der Waals surface area contributed by atoms with E-state index in [0.29, 0.717) is 50.2 Å². The van der Waals surface area contributed by atoms with Crippen molar-refractivity contribution in [1.29, 1.82) is 0 Å². The molecule has 0 atom stereocenters. The highest BCUT2D eigenvalue weighted by atomic mass is 32.1. The number of ether oxygens (including phenoxy) is 2. The zero-order chi connectivity index (χ0) is 21.0. The lowest BCUT2D eigenvalue weighted by Gasteiger charge is -2.36. The molecule has 0 amide bonds. The molecule has 0 saturated heterocycles. The summed E-state index contributed by atoms with van der Waals surface area (Å²) >= 11 is 9.33. The third-order valence-corrected chi connectivity index (χ3v) is 5.98. The smallest absolute Gasteiger partial charge is 0.340 e. The maximum absolute atomic E-state index is 13.0. The quantitative estimate of drug-likeness (QED) is 0.270. The van der Waals surface area contributed by atoms with Crippen LogP contribution in [0.15, 0.2) is 54.6 Å². The average molecular weight is 437 g/mol. The number of carbonyl (C=O) groups is 1. The zero-order valence-corrected chi connectivity index (χ0v) is 17.1. The Morgan fingerprint density at radius 2 is 1.57 bits per heavy atom. The van der Waals surface area contributed by atoms with Gasteiger partial charge in [0.15, 0.2) is 5.60 Å². The first-order valence-corrected chi connectivity index (χ1v) is 10.1. The van der Waals surface area contributed by atoms with Crippen molar-refractivity contribution in [2.24, 2.45) is 0 Å². The van der Waals surface area contributed by atoms with Gasteiger partial charge in [0.05, 0.1) is 10.6 Å². The monoisotopic (exact) mass is 437 g/mol. The van der Waals surface area contributed by atoms with Gasteiger partial charge in [-0.2, -0.15) is 12.6 Å². The van der Waals surface area contributed by atoms with Gasteiger partial charge in [-0.25, -0.2) is 4.79 Å². The summed E-state index contributed by atoms with van der Waals surface area (Å²) in [6.45, 7) is 0. The topological polar surface area (TPSA) is 88.0 Å². The lowest BCUT2D eigenvalue weighted by Crippen LogP contribution is -2.32. The number of hydrogen-bond acceptors (Lipinski definition) is 7. The van der Waals surface area contributed by atoms with Gasteiger partial charge in [-0.05, 0) is 36.4 Å². The first-order chi connectivity index (χ1) is 14.4. The first kappa shape index (κ1) is 18.8. The normalized spacial score (nSPS) is 14.9. The van der Waals surface area contributed by atoms with Crippen molar-refractivity contribution in [2.45, 2.75) is 5.60 Å². The number of thiol groups is 1. The summed E-state index contributed by atoms with van der Waals surface area (Å²) in [5.41, 5.74) is 1.58. The summed E-state index contributed by atoms with van der Waals surface area (Å²) in [7, 11) is 0. The van der Waals surface area contributed by atoms with Crippen LogP contribution in [0.2, 0.25) is 0 Å². The number of thiocarbonyl (C=S) groups is 1. The van der Waals surface area contributed by atoms with Crippen molar-refractivity contribution in [1.82, 2.24) is 0 Å². The van der Waals surface area contributed by atoms with E-state index in [9.17, 15) is 15.0 Å². The Kier molecular flexibility index (Phi) is 4.16. The Labute approximate surface area is 182 Å². The number of nitrogens with one attached hydrogen (secondary N) is 1. The van der Waals surface area contributed by atoms with Crippen LogP contribution < -0.4 is 10.1 Å². The Morgan fingerprint density at radius 3 is 2.17 bits per heavy atom. The average Bonchev–Trinajstić information content (AvgIpc) is 3.00. The molecule has 2 heterocycles. The van der Waals surface area contributed by atoms with Crippen LogP contribution in [0, 0.1) is 0 Å². The molecule has 30 heavy (non-hydrogen) atoms. The van der Waals surface area contributed by atoms with E-state index >= 15 is 0 Å². The van der Waals surface area contributed by atoms with Crippen LogP contribution in [-0.4, -0.2) is 26.9 Å². The molecule has 8 heteroatoms. The van der Waals surface area contributed by atoms with Gasteiger partial charge < -0.3 is 25.0 Å². The molecular weight excluding hydrogens is 422 g/mol. The number of carbonyl (C=O) groups excluding carboxylic acids is 1. The van der Waals surface area contributed by atoms with Crippen LogP contribution in [0.25, 0.3) is 0 Å². The van der Waals surface area contributed by atoms with Crippen molar-refractivity contribution in [3.63, 3.8) is 0 Å². The van der Waals surface area contributed by atoms with Gasteiger partial charge in [0, 0.05) is 40.3 Å². The number of benzene rings is 3. The maximum Gasteiger partial charge on any atom is 0.340 e. The summed E-state index contributed by atoms with van der Waals surface area (Å²) in [6.07, 6.45) is 0. The van der Waals surface area contributed by atoms with Gasteiger partial charge in [0.1, 0.15) is 23.0 Å². The molecule has 3 aromatic carbocycles. The predicted octanol–water partition coefficient (Wildman–Crippen LogP) is 4.33. The highest BCUT2D eigenvalue weighted by Crippen LogP contribution is 2.57. The highest BCUT2D eigenvalue weighted by molar-refractivity contribution is 7.86. The predicted molar refractivity (Wildman–Crippen MR) is 118 cm³/mol. The van der Waals surface area contributed by atoms with Gasteiger partial charge in [-0.3, -0.25) is 0 Å². The Balaban J connectivity index is 1.76. The van der Waals surface area contributed by atoms with E-state index in [2.05, 4.69) is 17.9 Å². The zero-order valence-electron chi connectivity index (χ0n) is 15.4. The summed E-state index contributed by atoms with van der Waals surface area (Å²) in [6, 6.07) is 14.6. The molecule has 0 unspecified atom stereocenters. The minimum atomic E-state index is -1.26. The molecule has 1 spiro atoms. The molecular formula is C22H15NO5S2. The van der Waals surface area contributed by atoms with Gasteiger partial charge in [-0.15, -0.1) is 0 Å². The molecule has 3 N–H and O–H groups in total. The fourth-order valence-electron chi connectivity index (χ4n) is 3.98. The van der Waals surface area contributed by atoms with Crippen molar-refractivity contribution < 1.29 is 24.5 Å². The summed E-state index contributed by atoms with van der Waals surface area (Å²) in [5.74, 6) is 0.588. The minimum Gasteiger partial charge on any atom is -0.508 e. The van der Waals surface area contributed by atoms with E-state index in [1.807, 2.05) is 12.1 Å². The van der Waals surface area contributed by atoms with E-state index in [1.165, 1.54) is 24.3 Å². The van der Waals surface area contributed by atoms with Crippen LogP contribution in [0.3, 0.4) is 0 Å². The Morgan fingerprint density at radius 1 is 0.967 bits per heavy atom. The Bertz CT molecular complexity index is 1190. The molecule has 0 bridgehead atoms. The van der Waals surface area contributed by atoms with E-state index in [1.54, 1.807) is 18.2 Å². The van der Waals surface area contributed by atoms with E-state index < -0.39 is 11.6 Å². The van der Waals surface area contributed by atoms with E-state index in [-0.39, 0.29) is 11.5 Å². The van der Waals surface area contributed by atoms with Gasteiger partial charge >= 0.3 is 5.97 Å². The van der Waals surface area contributed by atoms with Crippen molar-refractivity contribution in [2.75, 3.05) is 11.1 Å². The number of esters is 1. The first-order valence-electron chi connectivity index (χ1n) is 9.06. The molecule has 2 aliphatic heterocycles. The molecule has 0 saturated carbocycles. The lowest BCUT2D eigenvalue weighted by atomic mass is 9.77. The van der Waals surface area contributed by atoms with Gasteiger partial charge in [0.2, 0.25) is 0 Å². The highest BCUT2D eigenvalue weighted by Gasteiger charge is 2.53. The number of hydrogen-bond donors (Lipinski definition) is 4. The van der Waals surface area contributed by atoms with Crippen molar-refractivity contribution >= 4 is 41.5 Å². The lowest BCUT2D eigenvalue weighted by molar-refractivity contribution is 0.0224.